The van der Waals surface area contributed by atoms with Crippen molar-refractivity contribution in [1.29, 1.82) is 0 Å². The molecule has 0 atom stereocenters. The number of rotatable bonds is 7. The molecule has 0 radical (unpaired) electrons. The van der Waals surface area contributed by atoms with Crippen molar-refractivity contribution < 1.29 is 9.13 Å². The van der Waals surface area contributed by atoms with Crippen LogP contribution in [0.5, 0.6) is 5.75 Å². The van der Waals surface area contributed by atoms with E-state index in [2.05, 4.69) is 29.5 Å². The molecule has 0 aromatic heterocycles. The van der Waals surface area contributed by atoms with E-state index in [0.29, 0.717) is 12.5 Å². The Kier molecular flexibility index (Phi) is 7.58. The zero-order chi connectivity index (χ0) is 15.7. The van der Waals surface area contributed by atoms with Crippen molar-refractivity contribution in [1.82, 2.24) is 10.6 Å². The third-order valence-corrected chi connectivity index (χ3v) is 3.15. The van der Waals surface area contributed by atoms with Gasteiger partial charge in [0.15, 0.2) is 17.5 Å². The van der Waals surface area contributed by atoms with Gasteiger partial charge in [-0.05, 0) is 36.5 Å². The fourth-order valence-corrected chi connectivity index (χ4v) is 1.94. The zero-order valence-electron chi connectivity index (χ0n) is 13.4. The summed E-state index contributed by atoms with van der Waals surface area (Å²) in [5.41, 5.74) is 0.846. The maximum absolute atomic E-state index is 13.6. The summed E-state index contributed by atoms with van der Waals surface area (Å²) < 4.78 is 18.5. The Hall–Kier alpha value is -1.78. The Morgan fingerprint density at radius 2 is 2.10 bits per heavy atom. The summed E-state index contributed by atoms with van der Waals surface area (Å²) in [5, 5.41) is 6.42. The zero-order valence-corrected chi connectivity index (χ0v) is 13.4. The number of halogens is 1. The van der Waals surface area contributed by atoms with Crippen LogP contribution in [0, 0.1) is 11.7 Å². The molecule has 21 heavy (non-hydrogen) atoms. The third-order valence-electron chi connectivity index (χ3n) is 3.15. The Morgan fingerprint density at radius 3 is 2.67 bits per heavy atom. The molecule has 0 spiro atoms. The number of methoxy groups -OCH3 is 1. The van der Waals surface area contributed by atoms with Gasteiger partial charge in [0.2, 0.25) is 0 Å². The number of hydrogen-bond donors (Lipinski definition) is 2. The number of aliphatic imine (C=N–C) groups is 1. The molecule has 1 aromatic rings. The molecule has 118 valence electrons. The smallest absolute Gasteiger partial charge is 0.191 e. The lowest BCUT2D eigenvalue weighted by Gasteiger charge is -2.13. The van der Waals surface area contributed by atoms with E-state index in [0.717, 1.165) is 24.5 Å². The maximum Gasteiger partial charge on any atom is 0.191 e. The van der Waals surface area contributed by atoms with Crippen LogP contribution < -0.4 is 15.4 Å². The van der Waals surface area contributed by atoms with Gasteiger partial charge in [-0.15, -0.1) is 0 Å². The van der Waals surface area contributed by atoms with Crippen molar-refractivity contribution in [2.24, 2.45) is 10.9 Å². The van der Waals surface area contributed by atoms with Crippen molar-refractivity contribution in [3.05, 3.63) is 29.6 Å². The number of guanidine groups is 1. The van der Waals surface area contributed by atoms with Gasteiger partial charge in [-0.2, -0.15) is 0 Å². The van der Waals surface area contributed by atoms with Crippen molar-refractivity contribution in [2.45, 2.75) is 33.2 Å². The van der Waals surface area contributed by atoms with Crippen LogP contribution in [0.2, 0.25) is 0 Å². The molecular formula is C16H26FN3O. The van der Waals surface area contributed by atoms with Crippen molar-refractivity contribution in [3.63, 3.8) is 0 Å². The average Bonchev–Trinajstić information content (AvgIpc) is 2.46. The van der Waals surface area contributed by atoms with Gasteiger partial charge in [-0.3, -0.25) is 4.99 Å². The van der Waals surface area contributed by atoms with E-state index in [1.165, 1.54) is 19.6 Å². The first-order valence-corrected chi connectivity index (χ1v) is 7.33. The van der Waals surface area contributed by atoms with Crippen LogP contribution in [0.4, 0.5) is 4.39 Å². The summed E-state index contributed by atoms with van der Waals surface area (Å²) in [6.45, 7) is 5.83. The van der Waals surface area contributed by atoms with Crippen LogP contribution in [-0.2, 0) is 6.54 Å². The average molecular weight is 295 g/mol. The second-order valence-electron chi connectivity index (χ2n) is 5.36. The summed E-state index contributed by atoms with van der Waals surface area (Å²) in [6, 6.07) is 4.93. The van der Waals surface area contributed by atoms with E-state index in [1.54, 1.807) is 13.1 Å². The minimum atomic E-state index is -0.350. The fraction of sp³-hybridized carbons (Fsp3) is 0.562. The molecule has 1 aromatic carbocycles. The van der Waals surface area contributed by atoms with Gasteiger partial charge in [-0.25, -0.2) is 4.39 Å². The summed E-state index contributed by atoms with van der Waals surface area (Å²) in [6.07, 6.45) is 2.29. The highest BCUT2D eigenvalue weighted by Crippen LogP contribution is 2.17. The van der Waals surface area contributed by atoms with Gasteiger partial charge in [0, 0.05) is 20.1 Å². The standard InChI is InChI=1S/C16H26FN3O/c1-12(2)6-5-9-19-16(18-3)20-11-13-7-8-15(21-4)14(17)10-13/h7-8,10,12H,5-6,9,11H2,1-4H3,(H2,18,19,20). The van der Waals surface area contributed by atoms with Gasteiger partial charge in [0.05, 0.1) is 7.11 Å². The van der Waals surface area contributed by atoms with E-state index >= 15 is 0 Å². The molecule has 4 nitrogen and oxygen atoms in total. The minimum absolute atomic E-state index is 0.259. The largest absolute Gasteiger partial charge is 0.494 e. The Bertz CT molecular complexity index is 461. The van der Waals surface area contributed by atoms with Gasteiger partial charge in [0.1, 0.15) is 0 Å². The highest BCUT2D eigenvalue weighted by atomic mass is 19.1. The van der Waals surface area contributed by atoms with Crippen LogP contribution in [0.15, 0.2) is 23.2 Å². The van der Waals surface area contributed by atoms with Gasteiger partial charge in [0.25, 0.3) is 0 Å². The third kappa shape index (κ3) is 6.47. The molecule has 2 N–H and O–H groups in total. The van der Waals surface area contributed by atoms with Crippen LogP contribution in [0.1, 0.15) is 32.3 Å². The Balaban J connectivity index is 2.39. The van der Waals surface area contributed by atoms with Crippen molar-refractivity contribution in [2.75, 3.05) is 20.7 Å². The lowest BCUT2D eigenvalue weighted by atomic mass is 10.1. The molecule has 1 rings (SSSR count). The molecule has 0 saturated heterocycles. The number of hydrogen-bond acceptors (Lipinski definition) is 2. The van der Waals surface area contributed by atoms with Crippen molar-refractivity contribution in [3.8, 4) is 5.75 Å². The highest BCUT2D eigenvalue weighted by Gasteiger charge is 2.04. The summed E-state index contributed by atoms with van der Waals surface area (Å²) in [4.78, 5) is 4.15. The number of benzene rings is 1. The Morgan fingerprint density at radius 1 is 1.33 bits per heavy atom. The van der Waals surface area contributed by atoms with E-state index in [9.17, 15) is 4.39 Å². The molecule has 0 saturated carbocycles. The van der Waals surface area contributed by atoms with E-state index in [-0.39, 0.29) is 11.6 Å². The minimum Gasteiger partial charge on any atom is -0.494 e. The van der Waals surface area contributed by atoms with Gasteiger partial charge in [-0.1, -0.05) is 19.9 Å². The lowest BCUT2D eigenvalue weighted by Crippen LogP contribution is -2.37. The molecule has 0 aliphatic heterocycles. The van der Waals surface area contributed by atoms with Gasteiger partial charge < -0.3 is 15.4 Å². The molecule has 0 fully saturated rings. The Labute approximate surface area is 126 Å². The second kappa shape index (κ2) is 9.21. The van der Waals surface area contributed by atoms with Crippen LogP contribution >= 0.6 is 0 Å². The topological polar surface area (TPSA) is 45.7 Å². The van der Waals surface area contributed by atoms with Crippen molar-refractivity contribution >= 4 is 5.96 Å². The van der Waals surface area contributed by atoms with Crippen LogP contribution in [0.25, 0.3) is 0 Å². The predicted molar refractivity (Wildman–Crippen MR) is 85.2 cm³/mol. The SMILES string of the molecule is CN=C(NCCCC(C)C)NCc1ccc(OC)c(F)c1. The summed E-state index contributed by atoms with van der Waals surface area (Å²) in [5.74, 6) is 1.35. The highest BCUT2D eigenvalue weighted by molar-refractivity contribution is 5.79. The van der Waals surface area contributed by atoms with Crippen LogP contribution in [0.3, 0.4) is 0 Å². The van der Waals surface area contributed by atoms with Gasteiger partial charge >= 0.3 is 0 Å². The fourth-order valence-electron chi connectivity index (χ4n) is 1.94. The summed E-state index contributed by atoms with van der Waals surface area (Å²) in [7, 11) is 3.19. The maximum atomic E-state index is 13.6. The van der Waals surface area contributed by atoms with E-state index < -0.39 is 0 Å². The van der Waals surface area contributed by atoms with E-state index in [4.69, 9.17) is 4.74 Å². The molecule has 0 heterocycles. The second-order valence-corrected chi connectivity index (χ2v) is 5.36. The monoisotopic (exact) mass is 295 g/mol. The quantitative estimate of drug-likeness (QED) is 0.462. The first-order chi connectivity index (χ1) is 10.1. The molecular weight excluding hydrogens is 269 g/mol. The number of ether oxygens (including phenoxy) is 1. The molecule has 0 bridgehead atoms. The lowest BCUT2D eigenvalue weighted by molar-refractivity contribution is 0.386. The number of nitrogens with zero attached hydrogens (tertiary/aromatic N) is 1. The number of nitrogens with one attached hydrogen (secondary N) is 2. The van der Waals surface area contributed by atoms with Crippen LogP contribution in [-0.4, -0.2) is 26.7 Å². The first-order valence-electron chi connectivity index (χ1n) is 7.33. The summed E-state index contributed by atoms with van der Waals surface area (Å²) >= 11 is 0. The molecule has 5 heteroatoms. The predicted octanol–water partition coefficient (Wildman–Crippen LogP) is 2.94. The molecule has 0 amide bonds. The first kappa shape index (κ1) is 17.3. The molecule has 0 aliphatic rings. The normalized spacial score (nSPS) is 11.6. The molecule has 0 aliphatic carbocycles. The van der Waals surface area contributed by atoms with E-state index in [1.807, 2.05) is 6.07 Å². The molecule has 0 unspecified atom stereocenters.